The lowest BCUT2D eigenvalue weighted by molar-refractivity contribution is 0.148. The Kier molecular flexibility index (Phi) is 3.76. The van der Waals surface area contributed by atoms with E-state index in [2.05, 4.69) is 30.0 Å². The van der Waals surface area contributed by atoms with Crippen LogP contribution in [-0.4, -0.2) is 47.6 Å². The summed E-state index contributed by atoms with van der Waals surface area (Å²) in [6.07, 6.45) is 2.12. The van der Waals surface area contributed by atoms with Gasteiger partial charge in [0.25, 0.3) is 0 Å². The van der Waals surface area contributed by atoms with E-state index in [1.165, 1.54) is 5.56 Å². The van der Waals surface area contributed by atoms with Crippen molar-refractivity contribution in [3.63, 3.8) is 0 Å². The quantitative estimate of drug-likeness (QED) is 0.853. The van der Waals surface area contributed by atoms with Crippen molar-refractivity contribution in [1.29, 1.82) is 0 Å². The summed E-state index contributed by atoms with van der Waals surface area (Å²) in [5.74, 6) is -0.117. The van der Waals surface area contributed by atoms with Crippen LogP contribution in [0.5, 0.6) is 0 Å². The number of para-hydroxylation sites is 1. The molecule has 4 heteroatoms. The van der Waals surface area contributed by atoms with Gasteiger partial charge in [-0.1, -0.05) is 12.1 Å². The minimum Gasteiger partial charge on any atom is -0.345 e. The monoisotopic (exact) mass is 275 g/mol. The molecule has 0 aliphatic carbocycles. The molecular weight excluding hydrogens is 253 g/mol. The van der Waals surface area contributed by atoms with Crippen LogP contribution in [0.15, 0.2) is 24.4 Å². The van der Waals surface area contributed by atoms with E-state index < -0.39 is 0 Å². The van der Waals surface area contributed by atoms with Crippen molar-refractivity contribution in [3.05, 3.63) is 35.8 Å². The lowest BCUT2D eigenvalue weighted by Gasteiger charge is -2.32. The van der Waals surface area contributed by atoms with Crippen LogP contribution in [0, 0.1) is 5.82 Å². The van der Waals surface area contributed by atoms with Gasteiger partial charge in [-0.2, -0.15) is 0 Å². The number of fused-ring (bicyclic) bond motifs is 1. The summed E-state index contributed by atoms with van der Waals surface area (Å²) >= 11 is 0. The second kappa shape index (κ2) is 5.54. The highest BCUT2D eigenvalue weighted by Crippen LogP contribution is 2.25. The fraction of sp³-hybridized carbons (Fsp3) is 0.500. The number of nitrogens with zero attached hydrogens (tertiary/aromatic N) is 3. The van der Waals surface area contributed by atoms with Crippen LogP contribution in [0.4, 0.5) is 4.39 Å². The molecule has 1 aromatic heterocycles. The summed E-state index contributed by atoms with van der Waals surface area (Å²) in [7, 11) is 2.16. The number of hydrogen-bond acceptors (Lipinski definition) is 2. The van der Waals surface area contributed by atoms with E-state index in [-0.39, 0.29) is 5.82 Å². The number of piperazine rings is 1. The zero-order valence-corrected chi connectivity index (χ0v) is 12.3. The van der Waals surface area contributed by atoms with Crippen molar-refractivity contribution in [1.82, 2.24) is 14.4 Å². The zero-order valence-electron chi connectivity index (χ0n) is 12.3. The minimum absolute atomic E-state index is 0.117. The van der Waals surface area contributed by atoms with Crippen LogP contribution in [0.3, 0.4) is 0 Å². The molecule has 1 fully saturated rings. The van der Waals surface area contributed by atoms with Gasteiger partial charge in [-0.3, -0.25) is 4.90 Å². The topological polar surface area (TPSA) is 11.4 Å². The van der Waals surface area contributed by atoms with E-state index in [0.717, 1.165) is 50.2 Å². The molecule has 1 aliphatic rings. The molecule has 0 amide bonds. The molecule has 0 saturated carbocycles. The largest absolute Gasteiger partial charge is 0.345 e. The second-order valence-electron chi connectivity index (χ2n) is 5.66. The molecule has 1 saturated heterocycles. The van der Waals surface area contributed by atoms with Crippen LogP contribution >= 0.6 is 0 Å². The predicted molar refractivity (Wildman–Crippen MR) is 80.3 cm³/mol. The molecule has 0 N–H and O–H groups in total. The highest BCUT2D eigenvalue weighted by atomic mass is 19.1. The van der Waals surface area contributed by atoms with E-state index in [1.807, 2.05) is 16.7 Å². The molecule has 0 radical (unpaired) electrons. The van der Waals surface area contributed by atoms with Crippen molar-refractivity contribution in [3.8, 4) is 0 Å². The van der Waals surface area contributed by atoms with Gasteiger partial charge in [0.15, 0.2) is 0 Å². The highest BCUT2D eigenvalue weighted by Gasteiger charge is 2.17. The molecule has 3 rings (SSSR count). The van der Waals surface area contributed by atoms with Crippen LogP contribution in [-0.2, 0) is 13.1 Å². The number of aryl methyl sites for hydroxylation is 1. The number of aromatic nitrogens is 1. The Labute approximate surface area is 119 Å². The molecule has 3 nitrogen and oxygen atoms in total. The van der Waals surface area contributed by atoms with Gasteiger partial charge >= 0.3 is 0 Å². The first-order valence-electron chi connectivity index (χ1n) is 7.36. The van der Waals surface area contributed by atoms with Gasteiger partial charge in [0.05, 0.1) is 5.52 Å². The summed E-state index contributed by atoms with van der Waals surface area (Å²) in [4.78, 5) is 4.81. The summed E-state index contributed by atoms with van der Waals surface area (Å²) < 4.78 is 16.1. The number of likely N-dealkylation sites (N-methyl/N-ethyl adjacent to an activating group) is 1. The third-order valence-electron chi connectivity index (χ3n) is 4.26. The van der Waals surface area contributed by atoms with Crippen molar-refractivity contribution >= 4 is 10.9 Å². The smallest absolute Gasteiger partial charge is 0.147 e. The zero-order chi connectivity index (χ0) is 14.1. The Bertz CT molecular complexity index is 597. The molecule has 0 bridgehead atoms. The molecule has 1 aromatic carbocycles. The van der Waals surface area contributed by atoms with Gasteiger partial charge in [0, 0.05) is 50.9 Å². The van der Waals surface area contributed by atoms with Crippen LogP contribution < -0.4 is 0 Å². The summed E-state index contributed by atoms with van der Waals surface area (Å²) in [6, 6.07) is 5.40. The van der Waals surface area contributed by atoms with Crippen molar-refractivity contribution in [2.24, 2.45) is 0 Å². The van der Waals surface area contributed by atoms with Crippen LogP contribution in [0.1, 0.15) is 12.5 Å². The van der Waals surface area contributed by atoms with Crippen molar-refractivity contribution < 1.29 is 4.39 Å². The lowest BCUT2D eigenvalue weighted by Crippen LogP contribution is -2.43. The first-order chi connectivity index (χ1) is 9.69. The van der Waals surface area contributed by atoms with Gasteiger partial charge in [-0.15, -0.1) is 0 Å². The summed E-state index contributed by atoms with van der Waals surface area (Å²) in [5.41, 5.74) is 1.99. The number of benzene rings is 1. The number of hydrogen-bond donors (Lipinski definition) is 0. The Morgan fingerprint density at radius 1 is 1.15 bits per heavy atom. The Morgan fingerprint density at radius 2 is 1.90 bits per heavy atom. The van der Waals surface area contributed by atoms with E-state index >= 15 is 0 Å². The van der Waals surface area contributed by atoms with Crippen molar-refractivity contribution in [2.75, 3.05) is 33.2 Å². The average molecular weight is 275 g/mol. The van der Waals surface area contributed by atoms with Crippen molar-refractivity contribution in [2.45, 2.75) is 20.0 Å². The lowest BCUT2D eigenvalue weighted by atomic mass is 10.1. The Balaban J connectivity index is 1.90. The Hall–Kier alpha value is -1.39. The molecule has 1 aliphatic heterocycles. The second-order valence-corrected chi connectivity index (χ2v) is 5.66. The molecule has 0 atom stereocenters. The van der Waals surface area contributed by atoms with Gasteiger partial charge in [-0.25, -0.2) is 4.39 Å². The average Bonchev–Trinajstić information content (AvgIpc) is 2.81. The first kappa shape index (κ1) is 13.6. The fourth-order valence-electron chi connectivity index (χ4n) is 3.01. The van der Waals surface area contributed by atoms with E-state index in [4.69, 9.17) is 0 Å². The van der Waals surface area contributed by atoms with Crippen LogP contribution in [0.25, 0.3) is 10.9 Å². The molecule has 2 heterocycles. The Morgan fingerprint density at radius 3 is 2.60 bits per heavy atom. The van der Waals surface area contributed by atoms with Gasteiger partial charge < -0.3 is 9.47 Å². The number of rotatable bonds is 3. The number of halogens is 1. The van der Waals surface area contributed by atoms with Gasteiger partial charge in [0.2, 0.25) is 0 Å². The maximum atomic E-state index is 14.0. The SMILES string of the molecule is CCn1cc(CN2CCN(C)CC2)c2cccc(F)c21. The summed E-state index contributed by atoms with van der Waals surface area (Å²) in [5, 5.41) is 1.06. The van der Waals surface area contributed by atoms with Gasteiger partial charge in [-0.05, 0) is 25.6 Å². The standard InChI is InChI=1S/C16H22FN3/c1-3-20-12-13(11-19-9-7-18(2)8-10-19)14-5-4-6-15(17)16(14)20/h4-6,12H,3,7-11H2,1-2H3. The fourth-order valence-corrected chi connectivity index (χ4v) is 3.01. The van der Waals surface area contributed by atoms with E-state index in [0.29, 0.717) is 0 Å². The predicted octanol–water partition coefficient (Wildman–Crippen LogP) is 2.55. The maximum absolute atomic E-state index is 14.0. The first-order valence-corrected chi connectivity index (χ1v) is 7.36. The molecule has 0 unspecified atom stereocenters. The highest BCUT2D eigenvalue weighted by molar-refractivity contribution is 5.84. The van der Waals surface area contributed by atoms with Crippen LogP contribution in [0.2, 0.25) is 0 Å². The third kappa shape index (κ3) is 2.45. The summed E-state index contributed by atoms with van der Waals surface area (Å²) in [6.45, 7) is 8.18. The third-order valence-corrected chi connectivity index (χ3v) is 4.26. The maximum Gasteiger partial charge on any atom is 0.147 e. The van der Waals surface area contributed by atoms with E-state index in [9.17, 15) is 4.39 Å². The molecule has 0 spiro atoms. The minimum atomic E-state index is -0.117. The normalized spacial score (nSPS) is 17.9. The van der Waals surface area contributed by atoms with E-state index in [1.54, 1.807) is 6.07 Å². The molecule has 2 aromatic rings. The molecular formula is C16H22FN3. The molecule has 20 heavy (non-hydrogen) atoms. The molecule has 108 valence electrons. The van der Waals surface area contributed by atoms with Gasteiger partial charge in [0.1, 0.15) is 5.82 Å².